The number of ether oxygens (including phenoxy) is 1. The van der Waals surface area contributed by atoms with Crippen LogP contribution in [-0.2, 0) is 17.9 Å². The third kappa shape index (κ3) is 3.96. The zero-order valence-electron chi connectivity index (χ0n) is 15.3. The summed E-state index contributed by atoms with van der Waals surface area (Å²) >= 11 is 3.39. The van der Waals surface area contributed by atoms with Gasteiger partial charge in [-0.25, -0.2) is 14.8 Å². The van der Waals surface area contributed by atoms with Crippen molar-refractivity contribution in [3.05, 3.63) is 22.6 Å². The predicted octanol–water partition coefficient (Wildman–Crippen LogP) is 2.91. The van der Waals surface area contributed by atoms with E-state index < -0.39 is 11.6 Å². The second kappa shape index (κ2) is 7.28. The molecular formula is C17H21BrN6O3. The Morgan fingerprint density at radius 1 is 1.41 bits per heavy atom. The maximum atomic E-state index is 11.2. The second-order valence-corrected chi connectivity index (χ2v) is 7.70. The molecule has 3 aromatic heterocycles. The lowest BCUT2D eigenvalue weighted by Crippen LogP contribution is -2.46. The van der Waals surface area contributed by atoms with Gasteiger partial charge in [-0.2, -0.15) is 0 Å². The first kappa shape index (κ1) is 19.3. The lowest BCUT2D eigenvalue weighted by molar-refractivity contribution is 0.124. The fraction of sp³-hybridized carbons (Fsp3) is 0.412. The van der Waals surface area contributed by atoms with E-state index in [0.717, 1.165) is 4.47 Å². The van der Waals surface area contributed by atoms with Crippen LogP contribution in [0.2, 0.25) is 0 Å². The average molecular weight is 437 g/mol. The van der Waals surface area contributed by atoms with Crippen LogP contribution < -0.4 is 11.1 Å². The monoisotopic (exact) mass is 436 g/mol. The molecule has 4 N–H and O–H groups in total. The smallest absolute Gasteiger partial charge is 0.405 e. The fourth-order valence-electron chi connectivity index (χ4n) is 2.99. The van der Waals surface area contributed by atoms with Crippen molar-refractivity contribution in [2.24, 2.45) is 0 Å². The zero-order chi connectivity index (χ0) is 19.8. The minimum Gasteiger partial charge on any atom is -0.465 e. The van der Waals surface area contributed by atoms with Gasteiger partial charge in [0, 0.05) is 23.8 Å². The molecule has 0 aromatic carbocycles. The van der Waals surface area contributed by atoms with Crippen molar-refractivity contribution in [1.82, 2.24) is 24.8 Å². The molecule has 0 aliphatic carbocycles. The van der Waals surface area contributed by atoms with Crippen molar-refractivity contribution in [3.8, 4) is 0 Å². The van der Waals surface area contributed by atoms with Crippen LogP contribution in [0.5, 0.6) is 0 Å². The Labute approximate surface area is 164 Å². The number of halogens is 1. The number of hydrogen-bond donors (Lipinski definition) is 3. The van der Waals surface area contributed by atoms with E-state index in [4.69, 9.17) is 15.6 Å². The summed E-state index contributed by atoms with van der Waals surface area (Å²) in [5.74, 6) is 0.927. The highest BCUT2D eigenvalue weighted by atomic mass is 79.9. The number of rotatable bonds is 6. The number of carbonyl (C=O) groups is 1. The molecule has 144 valence electrons. The molecule has 0 aliphatic rings. The summed E-state index contributed by atoms with van der Waals surface area (Å²) in [4.78, 5) is 24.7. The van der Waals surface area contributed by atoms with Crippen LogP contribution in [0.3, 0.4) is 0 Å². The average Bonchev–Trinajstić information content (AvgIpc) is 2.90. The van der Waals surface area contributed by atoms with Gasteiger partial charge < -0.3 is 25.5 Å². The summed E-state index contributed by atoms with van der Waals surface area (Å²) in [6.07, 6.45) is 0.587. The van der Waals surface area contributed by atoms with Crippen LogP contribution in [0.15, 0.2) is 16.7 Å². The number of aromatic nitrogens is 4. The Bertz CT molecular complexity index is 1020. The number of imidazole rings is 1. The van der Waals surface area contributed by atoms with Crippen molar-refractivity contribution in [2.75, 3.05) is 12.3 Å². The molecule has 3 aromatic rings. The van der Waals surface area contributed by atoms with Gasteiger partial charge in [0.1, 0.15) is 29.0 Å². The molecule has 1 amide bonds. The maximum absolute atomic E-state index is 11.2. The molecule has 0 fully saturated rings. The highest BCUT2D eigenvalue weighted by Gasteiger charge is 2.26. The van der Waals surface area contributed by atoms with Crippen molar-refractivity contribution >= 4 is 49.9 Å². The molecule has 0 unspecified atom stereocenters. The van der Waals surface area contributed by atoms with Crippen LogP contribution in [0.1, 0.15) is 26.6 Å². The molecule has 0 bridgehead atoms. The van der Waals surface area contributed by atoms with Gasteiger partial charge in [0.25, 0.3) is 0 Å². The lowest BCUT2D eigenvalue weighted by atomic mass is 10.1. The standard InChI is InChI=1S/C17H21BrN6O3/c1-4-27-7-11-22-13-14(24(11)8-17(2,3)23-16(25)26)12-10(21-15(13)19)5-9(18)6-20-12/h5-6,23H,4,7-8H2,1-3H3,(H2,19,21)(H,25,26). The van der Waals surface area contributed by atoms with E-state index in [0.29, 0.717) is 41.0 Å². The molecule has 27 heavy (non-hydrogen) atoms. The molecule has 0 aliphatic heterocycles. The normalized spacial score (nSPS) is 12.0. The number of anilines is 1. The summed E-state index contributed by atoms with van der Waals surface area (Å²) in [7, 11) is 0. The number of nitrogens with zero attached hydrogens (tertiary/aromatic N) is 4. The van der Waals surface area contributed by atoms with Gasteiger partial charge in [-0.05, 0) is 42.8 Å². The van der Waals surface area contributed by atoms with Crippen LogP contribution >= 0.6 is 15.9 Å². The highest BCUT2D eigenvalue weighted by Crippen LogP contribution is 2.30. The van der Waals surface area contributed by atoms with Gasteiger partial charge in [-0.15, -0.1) is 0 Å². The summed E-state index contributed by atoms with van der Waals surface area (Å²) in [6.45, 7) is 6.62. The molecule has 3 rings (SSSR count). The van der Waals surface area contributed by atoms with E-state index in [9.17, 15) is 4.79 Å². The molecule has 0 spiro atoms. The van der Waals surface area contributed by atoms with E-state index >= 15 is 0 Å². The Morgan fingerprint density at radius 2 is 2.15 bits per heavy atom. The Morgan fingerprint density at radius 3 is 2.81 bits per heavy atom. The number of nitrogens with one attached hydrogen (secondary N) is 1. The van der Waals surface area contributed by atoms with Crippen LogP contribution in [0.25, 0.3) is 22.1 Å². The summed E-state index contributed by atoms with van der Waals surface area (Å²) in [5.41, 5.74) is 7.90. The molecule has 0 saturated heterocycles. The molecule has 3 heterocycles. The first-order valence-electron chi connectivity index (χ1n) is 8.40. The van der Waals surface area contributed by atoms with E-state index in [-0.39, 0.29) is 12.4 Å². The zero-order valence-corrected chi connectivity index (χ0v) is 16.9. The number of carboxylic acid groups (broad SMARTS) is 1. The SMILES string of the molecule is CCOCc1nc2c(N)nc3cc(Br)cnc3c2n1CC(C)(C)NC(=O)O. The number of hydrogen-bond acceptors (Lipinski definition) is 6. The summed E-state index contributed by atoms with van der Waals surface area (Å²) in [5, 5.41) is 11.7. The second-order valence-electron chi connectivity index (χ2n) is 6.78. The molecule has 0 atom stereocenters. The van der Waals surface area contributed by atoms with E-state index in [1.165, 1.54) is 0 Å². The molecule has 0 radical (unpaired) electrons. The van der Waals surface area contributed by atoms with Gasteiger partial charge in [0.05, 0.1) is 11.1 Å². The highest BCUT2D eigenvalue weighted by molar-refractivity contribution is 9.10. The minimum absolute atomic E-state index is 0.270. The number of nitrogen functional groups attached to an aromatic ring is 1. The first-order valence-corrected chi connectivity index (χ1v) is 9.20. The van der Waals surface area contributed by atoms with Crippen LogP contribution in [0.4, 0.5) is 10.6 Å². The van der Waals surface area contributed by atoms with E-state index in [2.05, 4.69) is 36.2 Å². The Kier molecular flexibility index (Phi) is 5.20. The van der Waals surface area contributed by atoms with E-state index in [1.54, 1.807) is 20.0 Å². The molecule has 9 nitrogen and oxygen atoms in total. The van der Waals surface area contributed by atoms with Gasteiger partial charge >= 0.3 is 6.09 Å². The van der Waals surface area contributed by atoms with Gasteiger partial charge in [-0.1, -0.05) is 0 Å². The largest absolute Gasteiger partial charge is 0.465 e. The van der Waals surface area contributed by atoms with Crippen molar-refractivity contribution in [1.29, 1.82) is 0 Å². The third-order valence-electron chi connectivity index (χ3n) is 4.02. The van der Waals surface area contributed by atoms with Gasteiger partial charge in [-0.3, -0.25) is 4.98 Å². The lowest BCUT2D eigenvalue weighted by Gasteiger charge is -2.26. The minimum atomic E-state index is -1.09. The van der Waals surface area contributed by atoms with Crippen LogP contribution in [-0.4, -0.2) is 42.9 Å². The summed E-state index contributed by atoms with van der Waals surface area (Å²) < 4.78 is 8.24. The molecule has 10 heteroatoms. The quantitative estimate of drug-likeness (QED) is 0.541. The van der Waals surface area contributed by atoms with Crippen molar-refractivity contribution in [3.63, 3.8) is 0 Å². The number of amides is 1. The predicted molar refractivity (Wildman–Crippen MR) is 106 cm³/mol. The summed E-state index contributed by atoms with van der Waals surface area (Å²) in [6, 6.07) is 1.83. The molecule has 0 saturated carbocycles. The number of fused-ring (bicyclic) bond motifs is 3. The number of pyridine rings is 2. The first-order chi connectivity index (χ1) is 12.7. The van der Waals surface area contributed by atoms with Crippen LogP contribution in [0, 0.1) is 0 Å². The third-order valence-corrected chi connectivity index (χ3v) is 4.46. The number of nitrogens with two attached hydrogens (primary N) is 1. The van der Waals surface area contributed by atoms with Crippen molar-refractivity contribution < 1.29 is 14.6 Å². The molecular weight excluding hydrogens is 416 g/mol. The van der Waals surface area contributed by atoms with Gasteiger partial charge in [0.15, 0.2) is 5.82 Å². The van der Waals surface area contributed by atoms with Gasteiger partial charge in [0.2, 0.25) is 0 Å². The Balaban J connectivity index is 2.26. The maximum Gasteiger partial charge on any atom is 0.405 e. The Hall–Kier alpha value is -2.46. The van der Waals surface area contributed by atoms with Crippen molar-refractivity contribution in [2.45, 2.75) is 39.5 Å². The fourth-order valence-corrected chi connectivity index (χ4v) is 3.31. The topological polar surface area (TPSA) is 128 Å². The van der Waals surface area contributed by atoms with E-state index in [1.807, 2.05) is 17.6 Å².